The molecule has 0 aliphatic carbocycles. The van der Waals surface area contributed by atoms with Gasteiger partial charge in [0, 0.05) is 74.2 Å². The van der Waals surface area contributed by atoms with Gasteiger partial charge in [-0.1, -0.05) is 109 Å². The Morgan fingerprint density at radius 3 is 1.54 bits per heavy atom. The molecule has 0 N–H and O–H groups in total. The Morgan fingerprint density at radius 2 is 0.930 bits per heavy atom. The summed E-state index contributed by atoms with van der Waals surface area (Å²) in [5, 5.41) is -2.77. The van der Waals surface area contributed by atoms with Gasteiger partial charge >= 0.3 is 0 Å². The standard InChI is InChI=1S/C50H31N7/c1-2-13-32(14-3-1)40-29-48(56-42-21-9-4-15-33(42)34-16-5-10-22-43(34)56)54-50(53-40)37-19-12-24-47(55-41-20-8-6-17-35(41)38-30-51-27-25-45(38)55)49(37)57-44-23-11-7-18-36(44)39-31-52-28-26-46(39)57/h1-31H/i1D,2D,3D,4D,5D,6D,7D,8D,9D,10D,11D,13D,14D,15D,16D,17D,18D,20D,21D,22D,23D,25D,26D,27D,28D,29D,30D,31D. The second-order valence-corrected chi connectivity index (χ2v) is 12.3. The van der Waals surface area contributed by atoms with Gasteiger partial charge in [-0.15, -0.1) is 0 Å². The predicted molar refractivity (Wildman–Crippen MR) is 232 cm³/mol. The normalized spacial score (nSPS) is 18.7. The highest BCUT2D eigenvalue weighted by atomic mass is 15.1. The van der Waals surface area contributed by atoms with E-state index in [2.05, 4.69) is 9.97 Å². The highest BCUT2D eigenvalue weighted by molar-refractivity contribution is 6.12. The van der Waals surface area contributed by atoms with E-state index in [9.17, 15) is 15.1 Å². The quantitative estimate of drug-likeness (QED) is 0.175. The lowest BCUT2D eigenvalue weighted by Crippen LogP contribution is -2.08. The number of fused-ring (bicyclic) bond motifs is 9. The zero-order valence-electron chi connectivity index (χ0n) is 56.4. The maximum Gasteiger partial charge on any atom is 0.164 e. The molecular weight excluding hydrogens is 699 g/mol. The van der Waals surface area contributed by atoms with Gasteiger partial charge in [0.15, 0.2) is 5.82 Å². The van der Waals surface area contributed by atoms with Crippen molar-refractivity contribution in [2.24, 2.45) is 0 Å². The van der Waals surface area contributed by atoms with Crippen molar-refractivity contribution in [3.8, 4) is 39.8 Å². The molecule has 57 heavy (non-hydrogen) atoms. The summed E-state index contributed by atoms with van der Waals surface area (Å²) in [5.41, 5.74) is -6.50. The molecule has 0 aliphatic rings. The third-order valence-corrected chi connectivity index (χ3v) is 9.36. The monoisotopic (exact) mass is 757 g/mol. The molecule has 0 spiro atoms. The predicted octanol–water partition coefficient (Wildman–Crippen LogP) is 11.9. The second-order valence-electron chi connectivity index (χ2n) is 12.3. The van der Waals surface area contributed by atoms with Gasteiger partial charge in [-0.05, 0) is 48.4 Å². The molecule has 0 bridgehead atoms. The highest BCUT2D eigenvalue weighted by Gasteiger charge is 2.25. The van der Waals surface area contributed by atoms with Gasteiger partial charge in [-0.25, -0.2) is 9.97 Å². The summed E-state index contributed by atoms with van der Waals surface area (Å²) < 4.78 is 256. The molecule has 7 nitrogen and oxygen atoms in total. The molecule has 12 rings (SSSR count). The van der Waals surface area contributed by atoms with Crippen LogP contribution in [0.25, 0.3) is 105 Å². The van der Waals surface area contributed by atoms with Gasteiger partial charge < -0.3 is 9.13 Å². The fourth-order valence-electron chi connectivity index (χ4n) is 7.11. The van der Waals surface area contributed by atoms with Crippen LogP contribution in [0.5, 0.6) is 0 Å². The zero-order valence-corrected chi connectivity index (χ0v) is 28.4. The summed E-state index contributed by atoms with van der Waals surface area (Å²) in [4.78, 5) is 17.3. The molecule has 0 unspecified atom stereocenters. The van der Waals surface area contributed by atoms with Crippen molar-refractivity contribution in [1.29, 1.82) is 0 Å². The topological polar surface area (TPSA) is 66.3 Å². The molecule has 0 aliphatic heterocycles. The molecule has 0 amide bonds. The molecule has 0 saturated carbocycles. The summed E-state index contributed by atoms with van der Waals surface area (Å²) in [5.74, 6) is -1.65. The number of aromatic nitrogens is 7. The van der Waals surface area contributed by atoms with Crippen molar-refractivity contribution in [3.63, 3.8) is 0 Å². The smallest absolute Gasteiger partial charge is 0.164 e. The third kappa shape index (κ3) is 4.66. The van der Waals surface area contributed by atoms with E-state index in [1.165, 1.54) is 18.2 Å². The minimum atomic E-state index is -1.00. The van der Waals surface area contributed by atoms with E-state index in [-0.39, 0.29) is 0 Å². The van der Waals surface area contributed by atoms with Crippen molar-refractivity contribution >= 4 is 65.4 Å². The van der Waals surface area contributed by atoms with E-state index in [0.29, 0.717) is 0 Å². The van der Waals surface area contributed by atoms with E-state index in [0.717, 1.165) is 13.7 Å². The molecule has 266 valence electrons. The molecule has 6 heterocycles. The van der Waals surface area contributed by atoms with Crippen LogP contribution in [-0.4, -0.2) is 33.6 Å². The van der Waals surface area contributed by atoms with E-state index >= 15 is 0 Å². The van der Waals surface area contributed by atoms with Gasteiger partial charge in [-0.2, -0.15) is 0 Å². The lowest BCUT2D eigenvalue weighted by molar-refractivity contribution is 1.04. The molecule has 0 atom stereocenters. The Balaban J connectivity index is 1.42. The number of nitrogens with zero attached hydrogens (tertiary/aromatic N) is 7. The fraction of sp³-hybridized carbons (Fsp3) is 0. The van der Waals surface area contributed by atoms with Crippen LogP contribution in [0, 0.1) is 0 Å². The summed E-state index contributed by atoms with van der Waals surface area (Å²) in [7, 11) is 0. The molecule has 7 heteroatoms. The second kappa shape index (κ2) is 12.3. The maximum absolute atomic E-state index is 9.99. The minimum Gasteiger partial charge on any atom is -0.307 e. The van der Waals surface area contributed by atoms with Gasteiger partial charge in [0.2, 0.25) is 0 Å². The minimum absolute atomic E-state index is 0.406. The van der Waals surface area contributed by atoms with Crippen molar-refractivity contribution in [1.82, 2.24) is 33.6 Å². The molecule has 0 saturated heterocycles. The fourth-order valence-corrected chi connectivity index (χ4v) is 7.11. The van der Waals surface area contributed by atoms with Crippen LogP contribution in [0.4, 0.5) is 0 Å². The van der Waals surface area contributed by atoms with Gasteiger partial charge in [0.05, 0.1) is 88.6 Å². The average molecular weight is 758 g/mol. The zero-order chi connectivity index (χ0) is 61.8. The van der Waals surface area contributed by atoms with E-state index in [4.69, 9.17) is 33.3 Å². The Morgan fingerprint density at radius 1 is 0.439 bits per heavy atom. The van der Waals surface area contributed by atoms with Crippen LogP contribution in [-0.2, 0) is 0 Å². The maximum atomic E-state index is 9.99. The van der Waals surface area contributed by atoms with E-state index in [1.807, 2.05) is 0 Å². The van der Waals surface area contributed by atoms with E-state index in [1.54, 1.807) is 0 Å². The first kappa shape index (κ1) is 14.6. The van der Waals surface area contributed by atoms with Crippen LogP contribution < -0.4 is 0 Å². The number of rotatable bonds is 5. The number of para-hydroxylation sites is 5. The lowest BCUT2D eigenvalue weighted by Gasteiger charge is -2.20. The largest absolute Gasteiger partial charge is 0.307 e. The average Bonchev–Trinajstić information content (AvgIpc) is 1.62. The van der Waals surface area contributed by atoms with Crippen molar-refractivity contribution in [3.05, 3.63) is 188 Å². The van der Waals surface area contributed by atoms with Gasteiger partial charge in [-0.3, -0.25) is 14.5 Å². The van der Waals surface area contributed by atoms with Gasteiger partial charge in [0.25, 0.3) is 0 Å². The number of hydrogen-bond donors (Lipinski definition) is 0. The SMILES string of the molecule is [2H]c1nc([2H])c2c3c([2H])c([2H])c([2H])c([2H])c3n(-c3cccc(-c4nc(-c5c([2H])c([2H])c([2H])c([2H])c5[2H])c([2H])c(-n5c6c([2H])c([2H])c([2H])c([2H])c6c6c([2H])c([2H])c([2H])c([2H])c65)n4)c3-n3c4c([2H])c([2H])nc([2H])c4c4c([2H])c([2H])c([2H])c([2H])c43)c2c1[2H]. The van der Waals surface area contributed by atoms with E-state index < -0.39 is 275 Å². The molecule has 12 aromatic rings. The number of benzene rings is 6. The number of pyridine rings is 2. The molecule has 0 fully saturated rings. The Labute approximate surface area is 365 Å². The van der Waals surface area contributed by atoms with Crippen molar-refractivity contribution < 1.29 is 38.4 Å². The van der Waals surface area contributed by atoms with Gasteiger partial charge in [0.1, 0.15) is 5.82 Å². The molecular formula is C50H31N7. The highest BCUT2D eigenvalue weighted by Crippen LogP contribution is 2.42. The van der Waals surface area contributed by atoms with Crippen LogP contribution in [0.3, 0.4) is 0 Å². The summed E-state index contributed by atoms with van der Waals surface area (Å²) in [6.45, 7) is 0. The number of hydrogen-bond acceptors (Lipinski definition) is 4. The molecule has 6 aromatic heterocycles. The lowest BCUT2D eigenvalue weighted by atomic mass is 10.1. The Bertz CT molecular complexity index is 5080. The third-order valence-electron chi connectivity index (χ3n) is 9.36. The molecule has 0 radical (unpaired) electrons. The van der Waals surface area contributed by atoms with Crippen LogP contribution in [0.2, 0.25) is 0 Å². The summed E-state index contributed by atoms with van der Waals surface area (Å²) >= 11 is 0. The van der Waals surface area contributed by atoms with Crippen LogP contribution in [0.15, 0.2) is 188 Å². The van der Waals surface area contributed by atoms with Crippen molar-refractivity contribution in [2.45, 2.75) is 0 Å². The first-order valence-electron chi connectivity index (χ1n) is 30.8. The van der Waals surface area contributed by atoms with Crippen molar-refractivity contribution in [2.75, 3.05) is 0 Å². The van der Waals surface area contributed by atoms with Crippen LogP contribution >= 0.6 is 0 Å². The Kier molecular flexibility index (Phi) is 3.16. The van der Waals surface area contributed by atoms with Crippen LogP contribution in [0.1, 0.15) is 38.4 Å². The summed E-state index contributed by atoms with van der Waals surface area (Å²) in [6.07, 6.45) is -3.29. The molecule has 6 aromatic carbocycles. The summed E-state index contributed by atoms with van der Waals surface area (Å²) in [6, 6.07) is -17.2. The Hall–Kier alpha value is -7.90. The first-order chi connectivity index (χ1) is 39.9. The first-order valence-corrected chi connectivity index (χ1v) is 16.8.